The van der Waals surface area contributed by atoms with Crippen molar-refractivity contribution in [1.29, 1.82) is 0 Å². The van der Waals surface area contributed by atoms with Crippen molar-refractivity contribution in [2.45, 2.75) is 33.1 Å². The summed E-state index contributed by atoms with van der Waals surface area (Å²) in [6, 6.07) is 4.38. The quantitative estimate of drug-likeness (QED) is 0.740. The Balaban J connectivity index is 2.37. The number of likely N-dealkylation sites (N-methyl/N-ethyl adjacent to an activating group) is 1. The third kappa shape index (κ3) is 2.42. The highest BCUT2D eigenvalue weighted by Gasteiger charge is 2.28. The summed E-state index contributed by atoms with van der Waals surface area (Å²) in [4.78, 5) is 14.3. The van der Waals surface area contributed by atoms with Crippen LogP contribution in [0, 0.1) is 20.8 Å². The van der Waals surface area contributed by atoms with E-state index in [1.165, 1.54) is 22.3 Å². The van der Waals surface area contributed by atoms with Crippen molar-refractivity contribution in [2.75, 3.05) is 20.1 Å². The molecule has 17 heavy (non-hydrogen) atoms. The second-order valence-electron chi connectivity index (χ2n) is 5.36. The molecular formula is C15H21NO. The van der Waals surface area contributed by atoms with Crippen LogP contribution in [0.3, 0.4) is 0 Å². The van der Waals surface area contributed by atoms with Crippen molar-refractivity contribution in [1.82, 2.24) is 4.90 Å². The van der Waals surface area contributed by atoms with Crippen LogP contribution in [-0.4, -0.2) is 30.8 Å². The molecule has 2 nitrogen and oxygen atoms in total. The summed E-state index contributed by atoms with van der Waals surface area (Å²) >= 11 is 0. The van der Waals surface area contributed by atoms with Crippen LogP contribution >= 0.6 is 0 Å². The van der Waals surface area contributed by atoms with Crippen LogP contribution < -0.4 is 0 Å². The Morgan fingerprint density at radius 1 is 1.18 bits per heavy atom. The van der Waals surface area contributed by atoms with Crippen LogP contribution in [0.1, 0.15) is 34.6 Å². The number of benzene rings is 1. The van der Waals surface area contributed by atoms with E-state index in [2.05, 4.69) is 37.8 Å². The van der Waals surface area contributed by atoms with Crippen LogP contribution in [0.5, 0.6) is 0 Å². The Kier molecular flexibility index (Phi) is 3.34. The van der Waals surface area contributed by atoms with Gasteiger partial charge < -0.3 is 0 Å². The van der Waals surface area contributed by atoms with Crippen molar-refractivity contribution in [3.05, 3.63) is 34.4 Å². The van der Waals surface area contributed by atoms with Gasteiger partial charge in [0.15, 0.2) is 5.78 Å². The molecule has 1 fully saturated rings. The number of aryl methyl sites for hydroxylation is 3. The largest absolute Gasteiger partial charge is 0.299 e. The molecule has 0 aliphatic carbocycles. The lowest BCUT2D eigenvalue weighted by atomic mass is 9.83. The van der Waals surface area contributed by atoms with Gasteiger partial charge in [0.25, 0.3) is 0 Å². The maximum atomic E-state index is 12.2. The molecule has 0 spiro atoms. The Hall–Kier alpha value is -1.15. The predicted octanol–water partition coefficient (Wildman–Crippen LogP) is 2.60. The minimum atomic E-state index is 0.117. The first-order valence-electron chi connectivity index (χ1n) is 6.28. The van der Waals surface area contributed by atoms with Gasteiger partial charge in [-0.3, -0.25) is 9.69 Å². The number of likely N-dealkylation sites (tertiary alicyclic amines) is 1. The lowest BCUT2D eigenvalue weighted by molar-refractivity contribution is -0.123. The molecule has 1 atom stereocenters. The summed E-state index contributed by atoms with van der Waals surface area (Å²) < 4.78 is 0. The number of nitrogens with zero attached hydrogens (tertiary/aromatic N) is 1. The van der Waals surface area contributed by atoms with Gasteiger partial charge in [-0.1, -0.05) is 17.7 Å². The van der Waals surface area contributed by atoms with E-state index >= 15 is 0 Å². The van der Waals surface area contributed by atoms with Crippen LogP contribution in [0.25, 0.3) is 0 Å². The predicted molar refractivity (Wildman–Crippen MR) is 70.5 cm³/mol. The van der Waals surface area contributed by atoms with Crippen molar-refractivity contribution in [3.63, 3.8) is 0 Å². The van der Waals surface area contributed by atoms with E-state index < -0.39 is 0 Å². The summed E-state index contributed by atoms with van der Waals surface area (Å²) in [6.07, 6.45) is 0.958. The number of rotatable bonds is 1. The van der Waals surface area contributed by atoms with Crippen molar-refractivity contribution in [2.24, 2.45) is 0 Å². The van der Waals surface area contributed by atoms with Crippen molar-refractivity contribution in [3.8, 4) is 0 Å². The SMILES string of the molecule is Cc1cc(C)c(C2CCN(C)CC2=O)c(C)c1. The van der Waals surface area contributed by atoms with E-state index in [0.717, 1.165) is 13.0 Å². The molecule has 0 radical (unpaired) electrons. The summed E-state index contributed by atoms with van der Waals surface area (Å²) in [5, 5.41) is 0. The van der Waals surface area contributed by atoms with Crippen molar-refractivity contribution >= 4 is 5.78 Å². The summed E-state index contributed by atoms with van der Waals surface area (Å²) in [5.74, 6) is 0.487. The highest BCUT2D eigenvalue weighted by Crippen LogP contribution is 2.30. The zero-order valence-corrected chi connectivity index (χ0v) is 11.2. The maximum Gasteiger partial charge on any atom is 0.154 e. The fourth-order valence-corrected chi connectivity index (χ4v) is 3.01. The van der Waals surface area contributed by atoms with Gasteiger partial charge >= 0.3 is 0 Å². The second-order valence-corrected chi connectivity index (χ2v) is 5.36. The van der Waals surface area contributed by atoms with Crippen molar-refractivity contribution < 1.29 is 4.79 Å². The molecule has 2 heteroatoms. The van der Waals surface area contributed by atoms with Crippen LogP contribution in [-0.2, 0) is 4.79 Å². The topological polar surface area (TPSA) is 20.3 Å². The first-order chi connectivity index (χ1) is 7.99. The van der Waals surface area contributed by atoms with Crippen LogP contribution in [0.15, 0.2) is 12.1 Å². The molecule has 0 bridgehead atoms. The molecule has 0 saturated carbocycles. The number of carbonyl (C=O) groups excluding carboxylic acids is 1. The minimum Gasteiger partial charge on any atom is -0.299 e. The standard InChI is InChI=1S/C15H21NO/c1-10-7-11(2)15(12(3)8-10)13-5-6-16(4)9-14(13)17/h7-8,13H,5-6,9H2,1-4H3. The molecule has 1 heterocycles. The number of carbonyl (C=O) groups is 1. The number of ketones is 1. The highest BCUT2D eigenvalue weighted by atomic mass is 16.1. The average Bonchev–Trinajstić information content (AvgIpc) is 2.19. The second kappa shape index (κ2) is 4.61. The Morgan fingerprint density at radius 2 is 1.76 bits per heavy atom. The first-order valence-corrected chi connectivity index (χ1v) is 6.28. The summed E-state index contributed by atoms with van der Waals surface area (Å²) in [5.41, 5.74) is 5.09. The molecule has 1 aliphatic rings. The normalized spacial score (nSPS) is 21.9. The van der Waals surface area contributed by atoms with E-state index in [0.29, 0.717) is 12.3 Å². The fourth-order valence-electron chi connectivity index (χ4n) is 3.01. The molecule has 1 aromatic carbocycles. The van der Waals surface area contributed by atoms with E-state index in [1.807, 2.05) is 7.05 Å². The molecule has 0 aromatic heterocycles. The Bertz CT molecular complexity index is 427. The van der Waals surface area contributed by atoms with Crippen LogP contribution in [0.2, 0.25) is 0 Å². The van der Waals surface area contributed by atoms with Gasteiger partial charge in [-0.2, -0.15) is 0 Å². The molecule has 0 amide bonds. The third-order valence-electron chi connectivity index (χ3n) is 3.70. The van der Waals surface area contributed by atoms with E-state index in [-0.39, 0.29) is 5.92 Å². The molecular weight excluding hydrogens is 210 g/mol. The molecule has 1 aliphatic heterocycles. The highest BCUT2D eigenvalue weighted by molar-refractivity contribution is 5.88. The molecule has 1 saturated heterocycles. The van der Waals surface area contributed by atoms with Gasteiger partial charge in [-0.05, 0) is 57.5 Å². The number of hydrogen-bond donors (Lipinski definition) is 0. The summed E-state index contributed by atoms with van der Waals surface area (Å²) in [7, 11) is 2.02. The average molecular weight is 231 g/mol. The molecule has 1 unspecified atom stereocenters. The monoisotopic (exact) mass is 231 g/mol. The minimum absolute atomic E-state index is 0.117. The van der Waals surface area contributed by atoms with E-state index in [1.54, 1.807) is 0 Å². The van der Waals surface area contributed by atoms with Gasteiger partial charge in [-0.25, -0.2) is 0 Å². The van der Waals surface area contributed by atoms with Crippen LogP contribution in [0.4, 0.5) is 0 Å². The fraction of sp³-hybridized carbons (Fsp3) is 0.533. The zero-order valence-electron chi connectivity index (χ0n) is 11.2. The van der Waals surface area contributed by atoms with E-state index in [9.17, 15) is 4.79 Å². The Labute approximate surface area is 104 Å². The smallest absolute Gasteiger partial charge is 0.154 e. The van der Waals surface area contributed by atoms with Gasteiger partial charge in [0, 0.05) is 5.92 Å². The third-order valence-corrected chi connectivity index (χ3v) is 3.70. The number of piperidine rings is 1. The number of hydrogen-bond acceptors (Lipinski definition) is 2. The van der Waals surface area contributed by atoms with Gasteiger partial charge in [-0.15, -0.1) is 0 Å². The molecule has 2 rings (SSSR count). The first kappa shape index (κ1) is 12.3. The molecule has 1 aromatic rings. The van der Waals surface area contributed by atoms with Gasteiger partial charge in [0.05, 0.1) is 6.54 Å². The van der Waals surface area contributed by atoms with Gasteiger partial charge in [0.1, 0.15) is 0 Å². The molecule has 0 N–H and O–H groups in total. The molecule has 92 valence electrons. The zero-order chi connectivity index (χ0) is 12.6. The number of Topliss-reactive ketones (excluding diaryl/α,β-unsaturated/α-hetero) is 1. The lowest BCUT2D eigenvalue weighted by Gasteiger charge is -2.30. The lowest BCUT2D eigenvalue weighted by Crippen LogP contribution is -2.37. The maximum absolute atomic E-state index is 12.2. The Morgan fingerprint density at radius 3 is 2.29 bits per heavy atom. The van der Waals surface area contributed by atoms with Gasteiger partial charge in [0.2, 0.25) is 0 Å². The summed E-state index contributed by atoms with van der Waals surface area (Å²) in [6.45, 7) is 7.97. The van der Waals surface area contributed by atoms with E-state index in [4.69, 9.17) is 0 Å².